The van der Waals surface area contributed by atoms with Crippen molar-refractivity contribution in [3.05, 3.63) is 0 Å². The van der Waals surface area contributed by atoms with Gasteiger partial charge in [0.15, 0.2) is 0 Å². The van der Waals surface area contributed by atoms with Gasteiger partial charge in [0.2, 0.25) is 0 Å². The van der Waals surface area contributed by atoms with E-state index < -0.39 is 19.2 Å². The van der Waals surface area contributed by atoms with E-state index in [1.165, 1.54) is 0 Å². The topological polar surface area (TPSA) is 36.1 Å². The van der Waals surface area contributed by atoms with Crippen LogP contribution in [0.5, 0.6) is 0 Å². The fourth-order valence-corrected chi connectivity index (χ4v) is 5.24. The summed E-state index contributed by atoms with van der Waals surface area (Å²) >= 11 is -1.59. The maximum atomic E-state index is 3.60. The van der Waals surface area contributed by atoms with E-state index in [4.69, 9.17) is 0 Å². The van der Waals surface area contributed by atoms with E-state index in [9.17, 15) is 0 Å². The minimum atomic E-state index is -1.59. The summed E-state index contributed by atoms with van der Waals surface area (Å²) < 4.78 is 10.8. The quantitative estimate of drug-likeness (QED) is 0.636. The normalized spacial score (nSPS) is 12.5. The molecule has 3 N–H and O–H groups in total. The van der Waals surface area contributed by atoms with E-state index >= 15 is 0 Å². The molecule has 0 saturated heterocycles. The van der Waals surface area contributed by atoms with Gasteiger partial charge in [-0.15, -0.1) is 0 Å². The van der Waals surface area contributed by atoms with Gasteiger partial charge in [-0.25, -0.2) is 0 Å². The molecular weight excluding hydrogens is 243 g/mol. The van der Waals surface area contributed by atoms with Crippen molar-refractivity contribution in [3.63, 3.8) is 0 Å². The van der Waals surface area contributed by atoms with Crippen LogP contribution in [-0.2, 0) is 19.2 Å². The summed E-state index contributed by atoms with van der Waals surface area (Å²) in [6.45, 7) is 13.2. The Hall–Kier alpha value is 0.620. The van der Waals surface area contributed by atoms with E-state index in [-0.39, 0.29) is 0 Å². The third-order valence-corrected chi connectivity index (χ3v) is 6.87. The van der Waals surface area contributed by atoms with E-state index in [0.717, 1.165) is 0 Å². The van der Waals surface area contributed by atoms with Crippen LogP contribution in [-0.4, -0.2) is 18.1 Å². The molecule has 0 aliphatic rings. The molecule has 0 spiro atoms. The molecule has 0 aromatic carbocycles. The van der Waals surface area contributed by atoms with Gasteiger partial charge in [0.25, 0.3) is 0 Å². The second-order valence-corrected chi connectivity index (χ2v) is 7.74. The summed E-state index contributed by atoms with van der Waals surface area (Å²) in [6.07, 6.45) is 0. The van der Waals surface area contributed by atoms with Gasteiger partial charge in [-0.1, -0.05) is 0 Å². The number of hydrogen-bond acceptors (Lipinski definition) is 3. The molecule has 0 aliphatic carbocycles. The second-order valence-electron chi connectivity index (χ2n) is 4.19. The predicted molar refractivity (Wildman–Crippen MR) is 54.8 cm³/mol. The molecule has 0 aromatic heterocycles. The van der Waals surface area contributed by atoms with Crippen LogP contribution in [0.2, 0.25) is 0 Å². The van der Waals surface area contributed by atoms with Crippen LogP contribution < -0.4 is 11.2 Å². The van der Waals surface area contributed by atoms with Crippen molar-refractivity contribution in [1.82, 2.24) is 11.2 Å². The number of rotatable bonds is 6. The first-order valence-corrected chi connectivity index (χ1v) is 8.30. The molecule has 0 heterocycles. The summed E-state index contributed by atoms with van der Waals surface area (Å²) in [5.74, 6) is 0. The van der Waals surface area contributed by atoms with Gasteiger partial charge in [-0.05, 0) is 0 Å². The zero-order chi connectivity index (χ0) is 10.4. The van der Waals surface area contributed by atoms with Crippen molar-refractivity contribution in [2.45, 2.75) is 59.7 Å². The zero-order valence-corrected chi connectivity index (χ0v) is 11.9. The first-order chi connectivity index (χ1) is 5.91. The standard InChI is InChI=1S/3C3H8N.Nb/c3*1-3(2)4;/h3*3-4H,1-2H3;/q3*-1;+3. The average Bonchev–Trinajstić information content (AvgIpc) is 1.80. The summed E-state index contributed by atoms with van der Waals surface area (Å²) in [7, 11) is 0. The summed E-state index contributed by atoms with van der Waals surface area (Å²) in [5, 5.41) is 0. The fraction of sp³-hybridized carbons (Fsp3) is 1.00. The van der Waals surface area contributed by atoms with Crippen LogP contribution in [0.25, 0.3) is 0 Å². The Morgan fingerprint density at radius 2 is 0.846 bits per heavy atom. The van der Waals surface area contributed by atoms with Gasteiger partial charge in [0, 0.05) is 0 Å². The van der Waals surface area contributed by atoms with Gasteiger partial charge in [0.05, 0.1) is 0 Å². The fourth-order valence-electron chi connectivity index (χ4n) is 0.886. The van der Waals surface area contributed by atoms with Crippen LogP contribution >= 0.6 is 0 Å². The Morgan fingerprint density at radius 3 is 1.00 bits per heavy atom. The minimum absolute atomic E-state index is 0.570. The van der Waals surface area contributed by atoms with Gasteiger partial charge in [-0.3, -0.25) is 0 Å². The number of hydrogen-bond donors (Lipinski definition) is 3. The molecule has 80 valence electrons. The summed E-state index contributed by atoms with van der Waals surface area (Å²) in [6, 6.07) is 1.71. The van der Waals surface area contributed by atoms with E-state index in [1.807, 2.05) is 0 Å². The SMILES string of the molecule is CC(C)[NH][Nb]([NH]C(C)C)[NH]C(C)C. The third-order valence-electron chi connectivity index (χ3n) is 1.16. The number of nitrogens with one attached hydrogen (secondary N) is 3. The van der Waals surface area contributed by atoms with Crippen LogP contribution in [0.3, 0.4) is 0 Å². The van der Waals surface area contributed by atoms with Crippen molar-refractivity contribution in [3.8, 4) is 0 Å². The van der Waals surface area contributed by atoms with Gasteiger partial charge in [-0.2, -0.15) is 0 Å². The van der Waals surface area contributed by atoms with Crippen LogP contribution in [0.15, 0.2) is 0 Å². The molecule has 0 amide bonds. The molecule has 0 rings (SSSR count). The Kier molecular flexibility index (Phi) is 7.32. The first-order valence-electron chi connectivity index (χ1n) is 5.00. The first kappa shape index (κ1) is 13.6. The van der Waals surface area contributed by atoms with Gasteiger partial charge >= 0.3 is 90.1 Å². The van der Waals surface area contributed by atoms with Crippen LogP contribution in [0.4, 0.5) is 0 Å². The Labute approximate surface area is 90.1 Å². The summed E-state index contributed by atoms with van der Waals surface area (Å²) in [5.41, 5.74) is 0. The van der Waals surface area contributed by atoms with E-state index in [1.54, 1.807) is 0 Å². The molecule has 4 heteroatoms. The molecular formula is C9H24N3Nb. The van der Waals surface area contributed by atoms with Crippen molar-refractivity contribution in [2.75, 3.05) is 0 Å². The molecule has 0 unspecified atom stereocenters. The Balaban J connectivity index is 3.87. The predicted octanol–water partition coefficient (Wildman–Crippen LogP) is 1.34. The van der Waals surface area contributed by atoms with Crippen LogP contribution in [0.1, 0.15) is 41.5 Å². The molecule has 0 aliphatic heterocycles. The Morgan fingerprint density at radius 1 is 0.615 bits per heavy atom. The van der Waals surface area contributed by atoms with Crippen molar-refractivity contribution >= 4 is 0 Å². The summed E-state index contributed by atoms with van der Waals surface area (Å²) in [4.78, 5) is 0. The molecule has 0 aromatic rings. The van der Waals surface area contributed by atoms with Gasteiger partial charge in [0.1, 0.15) is 0 Å². The van der Waals surface area contributed by atoms with E-state index in [2.05, 4.69) is 52.7 Å². The van der Waals surface area contributed by atoms with E-state index in [0.29, 0.717) is 18.1 Å². The molecule has 13 heavy (non-hydrogen) atoms. The van der Waals surface area contributed by atoms with Gasteiger partial charge < -0.3 is 0 Å². The second kappa shape index (κ2) is 6.98. The third kappa shape index (κ3) is 8.94. The molecule has 0 bridgehead atoms. The van der Waals surface area contributed by atoms with Crippen molar-refractivity contribution < 1.29 is 19.2 Å². The molecule has 0 atom stereocenters. The van der Waals surface area contributed by atoms with Crippen molar-refractivity contribution in [2.24, 2.45) is 0 Å². The molecule has 0 radical (unpaired) electrons. The maximum absolute atomic E-state index is 3.60. The van der Waals surface area contributed by atoms with Crippen LogP contribution in [0, 0.1) is 0 Å². The Bertz CT molecular complexity index is 102. The average molecular weight is 267 g/mol. The van der Waals surface area contributed by atoms with Crippen molar-refractivity contribution in [1.29, 1.82) is 0 Å². The monoisotopic (exact) mass is 267 g/mol. The zero-order valence-electron chi connectivity index (χ0n) is 9.68. The molecule has 0 saturated carbocycles. The molecule has 0 fully saturated rings. The molecule has 3 nitrogen and oxygen atoms in total.